The van der Waals surface area contributed by atoms with Crippen LogP contribution in [0.2, 0.25) is 0 Å². The van der Waals surface area contributed by atoms with E-state index in [9.17, 15) is 4.39 Å². The second-order valence-electron chi connectivity index (χ2n) is 5.43. The van der Waals surface area contributed by atoms with Crippen LogP contribution in [0.1, 0.15) is 11.1 Å². The SMILES string of the molecule is CN1CCN(Cc2cccc(CN)c2F)c2ccccc21. The monoisotopic (exact) mass is 285 g/mol. The number of nitrogens with two attached hydrogens (primary N) is 1. The Hall–Kier alpha value is -2.07. The van der Waals surface area contributed by atoms with Gasteiger partial charge in [-0.25, -0.2) is 4.39 Å². The fourth-order valence-corrected chi connectivity index (χ4v) is 2.85. The fraction of sp³-hybridized carbons (Fsp3) is 0.294. The summed E-state index contributed by atoms with van der Waals surface area (Å²) in [6, 6.07) is 13.7. The van der Waals surface area contributed by atoms with Crippen LogP contribution in [-0.2, 0) is 13.1 Å². The Labute approximate surface area is 124 Å². The van der Waals surface area contributed by atoms with Gasteiger partial charge in [-0.15, -0.1) is 0 Å². The summed E-state index contributed by atoms with van der Waals surface area (Å²) in [5, 5.41) is 0. The Morgan fingerprint density at radius 3 is 2.48 bits per heavy atom. The normalized spacial score (nSPS) is 14.2. The van der Waals surface area contributed by atoms with E-state index in [1.165, 1.54) is 5.69 Å². The third-order valence-electron chi connectivity index (χ3n) is 4.08. The van der Waals surface area contributed by atoms with E-state index in [1.807, 2.05) is 24.3 Å². The molecule has 2 aromatic carbocycles. The number of hydrogen-bond acceptors (Lipinski definition) is 3. The predicted molar refractivity (Wildman–Crippen MR) is 85.1 cm³/mol. The van der Waals surface area contributed by atoms with Crippen molar-refractivity contribution in [2.45, 2.75) is 13.1 Å². The van der Waals surface area contributed by atoms with Gasteiger partial charge in [0.05, 0.1) is 11.4 Å². The molecule has 0 saturated heterocycles. The smallest absolute Gasteiger partial charge is 0.132 e. The van der Waals surface area contributed by atoms with Gasteiger partial charge in [0.2, 0.25) is 0 Å². The average molecular weight is 285 g/mol. The summed E-state index contributed by atoms with van der Waals surface area (Å²) in [7, 11) is 2.09. The summed E-state index contributed by atoms with van der Waals surface area (Å²) in [6.45, 7) is 2.64. The first kappa shape index (κ1) is 13.9. The lowest BCUT2D eigenvalue weighted by atomic mass is 10.1. The van der Waals surface area contributed by atoms with Crippen molar-refractivity contribution < 1.29 is 4.39 Å². The Kier molecular flexibility index (Phi) is 3.80. The van der Waals surface area contributed by atoms with E-state index in [0.29, 0.717) is 17.7 Å². The molecule has 0 aromatic heterocycles. The number of halogens is 1. The Morgan fingerprint density at radius 1 is 1.00 bits per heavy atom. The highest BCUT2D eigenvalue weighted by Crippen LogP contribution is 2.33. The number of nitrogens with zero attached hydrogens (tertiary/aromatic N) is 2. The highest BCUT2D eigenvalue weighted by molar-refractivity contribution is 5.73. The molecule has 1 heterocycles. The first-order chi connectivity index (χ1) is 10.2. The molecule has 0 bridgehead atoms. The van der Waals surface area contributed by atoms with Gasteiger partial charge in [-0.05, 0) is 12.1 Å². The minimum Gasteiger partial charge on any atom is -0.371 e. The van der Waals surface area contributed by atoms with Crippen molar-refractivity contribution in [3.05, 3.63) is 59.4 Å². The molecule has 0 saturated carbocycles. The number of hydrogen-bond donors (Lipinski definition) is 1. The van der Waals surface area contributed by atoms with E-state index in [4.69, 9.17) is 5.73 Å². The van der Waals surface area contributed by atoms with Crippen molar-refractivity contribution in [1.29, 1.82) is 0 Å². The number of para-hydroxylation sites is 2. The van der Waals surface area contributed by atoms with Crippen molar-refractivity contribution >= 4 is 11.4 Å². The van der Waals surface area contributed by atoms with E-state index < -0.39 is 0 Å². The van der Waals surface area contributed by atoms with Crippen molar-refractivity contribution in [3.63, 3.8) is 0 Å². The van der Waals surface area contributed by atoms with Gasteiger partial charge in [0.15, 0.2) is 0 Å². The van der Waals surface area contributed by atoms with Crippen molar-refractivity contribution in [2.24, 2.45) is 5.73 Å². The van der Waals surface area contributed by atoms with E-state index in [1.54, 1.807) is 6.07 Å². The molecule has 0 amide bonds. The second-order valence-corrected chi connectivity index (χ2v) is 5.43. The minimum absolute atomic E-state index is 0.170. The van der Waals surface area contributed by atoms with Crippen LogP contribution in [0.15, 0.2) is 42.5 Å². The van der Waals surface area contributed by atoms with Gasteiger partial charge in [-0.1, -0.05) is 30.3 Å². The summed E-state index contributed by atoms with van der Waals surface area (Å²) in [5.41, 5.74) is 9.22. The predicted octanol–water partition coefficient (Wildman–Crippen LogP) is 2.74. The highest BCUT2D eigenvalue weighted by atomic mass is 19.1. The molecule has 4 heteroatoms. The molecule has 2 aromatic rings. The van der Waals surface area contributed by atoms with Crippen LogP contribution < -0.4 is 15.5 Å². The summed E-state index contributed by atoms with van der Waals surface area (Å²) in [5.74, 6) is -0.170. The molecular weight excluding hydrogens is 265 g/mol. The summed E-state index contributed by atoms with van der Waals surface area (Å²) < 4.78 is 14.4. The van der Waals surface area contributed by atoms with Crippen LogP contribution in [0.5, 0.6) is 0 Å². The first-order valence-corrected chi connectivity index (χ1v) is 7.22. The number of likely N-dealkylation sites (N-methyl/N-ethyl adjacent to an activating group) is 1. The second kappa shape index (κ2) is 5.74. The lowest BCUT2D eigenvalue weighted by molar-refractivity contribution is 0.586. The van der Waals surface area contributed by atoms with Crippen molar-refractivity contribution in [1.82, 2.24) is 0 Å². The highest BCUT2D eigenvalue weighted by Gasteiger charge is 2.21. The quantitative estimate of drug-likeness (QED) is 0.941. The average Bonchev–Trinajstić information content (AvgIpc) is 2.52. The molecule has 2 N–H and O–H groups in total. The van der Waals surface area contributed by atoms with Crippen LogP contribution in [0.3, 0.4) is 0 Å². The number of benzene rings is 2. The van der Waals surface area contributed by atoms with E-state index in [-0.39, 0.29) is 12.4 Å². The van der Waals surface area contributed by atoms with Crippen LogP contribution in [0.4, 0.5) is 15.8 Å². The number of fused-ring (bicyclic) bond motifs is 1. The number of anilines is 2. The summed E-state index contributed by atoms with van der Waals surface area (Å²) >= 11 is 0. The van der Waals surface area contributed by atoms with E-state index in [2.05, 4.69) is 29.0 Å². The van der Waals surface area contributed by atoms with Crippen molar-refractivity contribution in [3.8, 4) is 0 Å². The molecule has 1 aliphatic heterocycles. The standard InChI is InChI=1S/C17H20FN3/c1-20-9-10-21(16-8-3-2-7-15(16)20)12-14-6-4-5-13(11-19)17(14)18/h2-8H,9-12,19H2,1H3. The van der Waals surface area contributed by atoms with Gasteiger partial charge >= 0.3 is 0 Å². The molecule has 1 aliphatic rings. The molecule has 21 heavy (non-hydrogen) atoms. The molecule has 0 unspecified atom stereocenters. The molecule has 0 spiro atoms. The molecule has 0 radical (unpaired) electrons. The Morgan fingerprint density at radius 2 is 1.71 bits per heavy atom. The van der Waals surface area contributed by atoms with Crippen LogP contribution in [0.25, 0.3) is 0 Å². The molecular formula is C17H20FN3. The van der Waals surface area contributed by atoms with Gasteiger partial charge in [0.1, 0.15) is 5.82 Å². The Bertz CT molecular complexity index is 642. The fourth-order valence-electron chi connectivity index (χ4n) is 2.85. The third-order valence-corrected chi connectivity index (χ3v) is 4.08. The van der Waals surface area contributed by atoms with E-state index >= 15 is 0 Å². The zero-order valence-corrected chi connectivity index (χ0v) is 12.2. The van der Waals surface area contributed by atoms with Crippen LogP contribution >= 0.6 is 0 Å². The van der Waals surface area contributed by atoms with Crippen LogP contribution in [-0.4, -0.2) is 20.1 Å². The lowest BCUT2D eigenvalue weighted by Crippen LogP contribution is -2.38. The summed E-state index contributed by atoms with van der Waals surface area (Å²) in [6.07, 6.45) is 0. The maximum Gasteiger partial charge on any atom is 0.132 e. The zero-order chi connectivity index (χ0) is 14.8. The topological polar surface area (TPSA) is 32.5 Å². The first-order valence-electron chi connectivity index (χ1n) is 7.22. The van der Waals surface area contributed by atoms with Gasteiger partial charge in [0, 0.05) is 44.4 Å². The van der Waals surface area contributed by atoms with Gasteiger partial charge in [-0.2, -0.15) is 0 Å². The Balaban J connectivity index is 1.91. The molecule has 110 valence electrons. The maximum absolute atomic E-state index is 14.4. The van der Waals surface area contributed by atoms with Gasteiger partial charge < -0.3 is 15.5 Å². The van der Waals surface area contributed by atoms with Gasteiger partial charge in [0.25, 0.3) is 0 Å². The lowest BCUT2D eigenvalue weighted by Gasteiger charge is -2.37. The van der Waals surface area contributed by atoms with Crippen LogP contribution in [0, 0.1) is 5.82 Å². The maximum atomic E-state index is 14.4. The molecule has 3 nitrogen and oxygen atoms in total. The van der Waals surface area contributed by atoms with Gasteiger partial charge in [-0.3, -0.25) is 0 Å². The molecule has 0 aliphatic carbocycles. The number of rotatable bonds is 3. The molecule has 0 fully saturated rings. The van der Waals surface area contributed by atoms with Crippen molar-refractivity contribution in [2.75, 3.05) is 29.9 Å². The minimum atomic E-state index is -0.170. The largest absolute Gasteiger partial charge is 0.371 e. The third kappa shape index (κ3) is 2.59. The van der Waals surface area contributed by atoms with E-state index in [0.717, 1.165) is 18.8 Å². The zero-order valence-electron chi connectivity index (χ0n) is 12.2. The molecule has 0 atom stereocenters. The molecule has 3 rings (SSSR count). The summed E-state index contributed by atoms with van der Waals surface area (Å²) in [4.78, 5) is 4.46.